The number of anilines is 2. The number of ether oxygens (including phenoxy) is 1. The van der Waals surface area contributed by atoms with Crippen LogP contribution in [0, 0.1) is 6.92 Å². The first-order chi connectivity index (χ1) is 16.2. The van der Waals surface area contributed by atoms with E-state index in [1.807, 2.05) is 19.9 Å². The molecule has 182 valence electrons. The summed E-state index contributed by atoms with van der Waals surface area (Å²) >= 11 is 0. The van der Waals surface area contributed by atoms with E-state index in [4.69, 9.17) is 4.74 Å². The zero-order chi connectivity index (χ0) is 24.5. The number of methoxy groups -OCH3 is 1. The number of nitrogens with zero attached hydrogens (tertiary/aromatic N) is 2. The average Bonchev–Trinajstić information content (AvgIpc) is 2.81. The molecule has 34 heavy (non-hydrogen) atoms. The van der Waals surface area contributed by atoms with Crippen LogP contribution < -0.4 is 15.0 Å². The van der Waals surface area contributed by atoms with E-state index in [-0.39, 0.29) is 35.7 Å². The van der Waals surface area contributed by atoms with Gasteiger partial charge in [-0.15, -0.1) is 0 Å². The molecule has 0 saturated carbocycles. The van der Waals surface area contributed by atoms with Crippen molar-refractivity contribution in [2.45, 2.75) is 56.9 Å². The number of amides is 2. The molecule has 1 fully saturated rings. The summed E-state index contributed by atoms with van der Waals surface area (Å²) < 4.78 is 33.4. The second-order valence-electron chi connectivity index (χ2n) is 8.98. The largest absolute Gasteiger partial charge is 0.495 e. The van der Waals surface area contributed by atoms with Crippen LogP contribution in [0.15, 0.2) is 41.3 Å². The van der Waals surface area contributed by atoms with Gasteiger partial charge in [-0.25, -0.2) is 8.42 Å². The van der Waals surface area contributed by atoms with Gasteiger partial charge in [0.05, 0.1) is 17.7 Å². The van der Waals surface area contributed by atoms with Crippen molar-refractivity contribution >= 4 is 33.2 Å². The predicted octanol–water partition coefficient (Wildman–Crippen LogP) is 3.48. The van der Waals surface area contributed by atoms with E-state index < -0.39 is 10.0 Å². The Hall–Kier alpha value is -2.91. The van der Waals surface area contributed by atoms with Gasteiger partial charge in [0.1, 0.15) is 12.3 Å². The summed E-state index contributed by atoms with van der Waals surface area (Å²) in [5, 5.41) is 2.82. The molecule has 4 rings (SSSR count). The second-order valence-corrected chi connectivity index (χ2v) is 10.9. The molecular weight excluding hydrogens is 454 g/mol. The summed E-state index contributed by atoms with van der Waals surface area (Å²) in [6.07, 6.45) is 3.41. The number of hydrogen-bond donors (Lipinski definition) is 1. The van der Waals surface area contributed by atoms with E-state index in [0.717, 1.165) is 30.4 Å². The Morgan fingerprint density at radius 3 is 2.68 bits per heavy atom. The van der Waals surface area contributed by atoms with Crippen LogP contribution in [0.4, 0.5) is 11.4 Å². The highest BCUT2D eigenvalue weighted by molar-refractivity contribution is 7.89. The first kappa shape index (κ1) is 24.2. The lowest BCUT2D eigenvalue weighted by atomic mass is 10.0. The number of piperidine rings is 1. The normalized spacial score (nSPS) is 19.0. The number of carbonyl (C=O) groups is 2. The molecule has 1 saturated heterocycles. The highest BCUT2D eigenvalue weighted by Gasteiger charge is 2.33. The Morgan fingerprint density at radius 1 is 1.15 bits per heavy atom. The van der Waals surface area contributed by atoms with Gasteiger partial charge in [-0.1, -0.05) is 12.5 Å². The lowest BCUT2D eigenvalue weighted by Crippen LogP contribution is -2.42. The van der Waals surface area contributed by atoms with Crippen molar-refractivity contribution in [1.29, 1.82) is 0 Å². The van der Waals surface area contributed by atoms with Gasteiger partial charge in [-0.2, -0.15) is 4.31 Å². The monoisotopic (exact) mass is 485 g/mol. The van der Waals surface area contributed by atoms with Crippen molar-refractivity contribution in [1.82, 2.24) is 4.31 Å². The molecule has 0 spiro atoms. The summed E-state index contributed by atoms with van der Waals surface area (Å²) in [5.74, 6) is 0.00849. The lowest BCUT2D eigenvalue weighted by Gasteiger charge is -2.33. The molecule has 2 heterocycles. The van der Waals surface area contributed by atoms with E-state index in [1.165, 1.54) is 12.0 Å². The quantitative estimate of drug-likeness (QED) is 0.676. The molecule has 2 aliphatic rings. The Kier molecular flexibility index (Phi) is 6.95. The Labute approximate surface area is 200 Å². The fraction of sp³-hybridized carbons (Fsp3) is 0.440. The molecule has 2 aromatic rings. The highest BCUT2D eigenvalue weighted by atomic mass is 32.2. The fourth-order valence-corrected chi connectivity index (χ4v) is 6.44. The van der Waals surface area contributed by atoms with Gasteiger partial charge in [0.25, 0.3) is 0 Å². The topological polar surface area (TPSA) is 96.0 Å². The van der Waals surface area contributed by atoms with Gasteiger partial charge in [0.15, 0.2) is 0 Å². The van der Waals surface area contributed by atoms with Crippen LogP contribution in [-0.4, -0.2) is 50.8 Å². The van der Waals surface area contributed by atoms with Crippen LogP contribution in [0.1, 0.15) is 43.7 Å². The SMILES string of the molecule is COc1ccc(C)cc1NC(=O)CN1C(=O)CCc2cc(S(=O)(=O)N3CCCCC3C)ccc21. The van der Waals surface area contributed by atoms with E-state index >= 15 is 0 Å². The third-order valence-corrected chi connectivity index (χ3v) is 8.54. The zero-order valence-corrected chi connectivity index (χ0v) is 20.7. The van der Waals surface area contributed by atoms with Crippen LogP contribution in [0.5, 0.6) is 5.75 Å². The Bertz CT molecular complexity index is 1210. The maximum Gasteiger partial charge on any atom is 0.244 e. The molecular formula is C25H31N3O5S. The maximum atomic E-state index is 13.3. The zero-order valence-electron chi connectivity index (χ0n) is 19.8. The Morgan fingerprint density at radius 2 is 1.94 bits per heavy atom. The standard InChI is InChI=1S/C25H31N3O5S/c1-17-7-11-23(33-3)21(14-17)26-24(29)16-27-22-10-9-20(15-19(22)8-12-25(27)30)34(31,32)28-13-5-4-6-18(28)2/h7,9-11,14-15,18H,4-6,8,12-13,16H2,1-3H3,(H,26,29). The first-order valence-corrected chi connectivity index (χ1v) is 13.0. The summed E-state index contributed by atoms with van der Waals surface area (Å²) in [7, 11) is -2.09. The van der Waals surface area contributed by atoms with Crippen LogP contribution >= 0.6 is 0 Å². The molecule has 0 radical (unpaired) electrons. The number of hydrogen-bond acceptors (Lipinski definition) is 5. The maximum absolute atomic E-state index is 13.3. The predicted molar refractivity (Wildman–Crippen MR) is 131 cm³/mol. The molecule has 0 aromatic heterocycles. The van der Waals surface area contributed by atoms with Crippen LogP contribution in [0.25, 0.3) is 0 Å². The van der Waals surface area contributed by atoms with Crippen molar-refractivity contribution < 1.29 is 22.7 Å². The van der Waals surface area contributed by atoms with Crippen LogP contribution in [0.2, 0.25) is 0 Å². The minimum absolute atomic E-state index is 0.0323. The molecule has 9 heteroatoms. The van der Waals surface area contributed by atoms with E-state index in [0.29, 0.717) is 30.1 Å². The minimum Gasteiger partial charge on any atom is -0.495 e. The molecule has 2 aliphatic heterocycles. The number of carbonyl (C=O) groups excluding carboxylic acids is 2. The smallest absolute Gasteiger partial charge is 0.244 e. The highest BCUT2D eigenvalue weighted by Crippen LogP contribution is 2.33. The van der Waals surface area contributed by atoms with Gasteiger partial charge < -0.3 is 15.0 Å². The molecule has 1 N–H and O–H groups in total. The minimum atomic E-state index is -3.61. The molecule has 1 unspecified atom stereocenters. The Balaban J connectivity index is 1.56. The summed E-state index contributed by atoms with van der Waals surface area (Å²) in [5.41, 5.74) is 2.83. The second kappa shape index (κ2) is 9.76. The van der Waals surface area contributed by atoms with E-state index in [2.05, 4.69) is 5.32 Å². The van der Waals surface area contributed by atoms with Gasteiger partial charge in [0.2, 0.25) is 21.8 Å². The number of sulfonamides is 1. The molecule has 0 bridgehead atoms. The number of rotatable bonds is 6. The molecule has 2 aromatic carbocycles. The number of aryl methyl sites for hydroxylation is 2. The van der Waals surface area contributed by atoms with Crippen LogP contribution in [0.3, 0.4) is 0 Å². The summed E-state index contributed by atoms with van der Waals surface area (Å²) in [6.45, 7) is 4.21. The van der Waals surface area contributed by atoms with Gasteiger partial charge in [0, 0.05) is 24.7 Å². The van der Waals surface area contributed by atoms with Gasteiger partial charge in [-0.3, -0.25) is 9.59 Å². The molecule has 0 aliphatic carbocycles. The molecule has 8 nitrogen and oxygen atoms in total. The third kappa shape index (κ3) is 4.81. The number of fused-ring (bicyclic) bond motifs is 1. The number of benzene rings is 2. The van der Waals surface area contributed by atoms with Crippen molar-refractivity contribution in [2.24, 2.45) is 0 Å². The summed E-state index contributed by atoms with van der Waals surface area (Å²) in [4.78, 5) is 27.2. The van der Waals surface area contributed by atoms with Crippen molar-refractivity contribution in [3.05, 3.63) is 47.5 Å². The molecule has 2 amide bonds. The van der Waals surface area contributed by atoms with Gasteiger partial charge >= 0.3 is 0 Å². The lowest BCUT2D eigenvalue weighted by molar-refractivity contribution is -0.121. The summed E-state index contributed by atoms with van der Waals surface area (Å²) in [6, 6.07) is 10.3. The number of nitrogens with one attached hydrogen (secondary N) is 1. The van der Waals surface area contributed by atoms with E-state index in [1.54, 1.807) is 34.6 Å². The first-order valence-electron chi connectivity index (χ1n) is 11.6. The van der Waals surface area contributed by atoms with Crippen molar-refractivity contribution in [2.75, 3.05) is 30.4 Å². The fourth-order valence-electron chi connectivity index (χ4n) is 4.69. The van der Waals surface area contributed by atoms with Crippen LogP contribution in [-0.2, 0) is 26.0 Å². The van der Waals surface area contributed by atoms with E-state index in [9.17, 15) is 18.0 Å². The average molecular weight is 486 g/mol. The molecule has 1 atom stereocenters. The van der Waals surface area contributed by atoms with Gasteiger partial charge in [-0.05, 0) is 74.6 Å². The third-order valence-electron chi connectivity index (χ3n) is 6.53. The van der Waals surface area contributed by atoms with Crippen molar-refractivity contribution in [3.63, 3.8) is 0 Å². The van der Waals surface area contributed by atoms with Crippen molar-refractivity contribution in [3.8, 4) is 5.75 Å².